The minimum atomic E-state index is -0.470. The van der Waals surface area contributed by atoms with E-state index in [4.69, 9.17) is 11.6 Å². The van der Waals surface area contributed by atoms with Gasteiger partial charge < -0.3 is 4.57 Å². The smallest absolute Gasteiger partial charge is 0.317 e. The number of hydrogen-bond donors (Lipinski definition) is 0. The Kier molecular flexibility index (Phi) is 4.94. The van der Waals surface area contributed by atoms with Crippen LogP contribution in [-0.2, 0) is 6.54 Å². The van der Waals surface area contributed by atoms with E-state index in [1.807, 2.05) is 37.3 Å². The third-order valence-corrected chi connectivity index (χ3v) is 5.20. The molecule has 29 heavy (non-hydrogen) atoms. The third kappa shape index (κ3) is 3.21. The van der Waals surface area contributed by atoms with Gasteiger partial charge in [-0.1, -0.05) is 48.0 Å². The Labute approximate surface area is 171 Å². The Hall–Kier alpha value is -3.38. The summed E-state index contributed by atoms with van der Waals surface area (Å²) in [6, 6.07) is 16.5. The number of imidazole rings is 1. The molecule has 0 N–H and O–H groups in total. The Morgan fingerprint density at radius 1 is 1.10 bits per heavy atom. The van der Waals surface area contributed by atoms with Crippen molar-refractivity contribution in [2.24, 2.45) is 0 Å². The molecule has 0 spiro atoms. The Balaban J connectivity index is 2.05. The lowest BCUT2D eigenvalue weighted by molar-refractivity contribution is 0.642. The van der Waals surface area contributed by atoms with Gasteiger partial charge in [-0.25, -0.2) is 14.3 Å². The zero-order chi connectivity index (χ0) is 20.5. The van der Waals surface area contributed by atoms with E-state index in [1.54, 1.807) is 35.2 Å². The van der Waals surface area contributed by atoms with Gasteiger partial charge >= 0.3 is 5.69 Å². The molecule has 0 amide bonds. The summed E-state index contributed by atoms with van der Waals surface area (Å²) < 4.78 is 4.41. The molecule has 6 nitrogen and oxygen atoms in total. The fourth-order valence-electron chi connectivity index (χ4n) is 3.45. The van der Waals surface area contributed by atoms with E-state index in [-0.39, 0.29) is 12.6 Å². The van der Waals surface area contributed by atoms with Crippen LogP contribution in [0.2, 0.25) is 5.02 Å². The van der Waals surface area contributed by atoms with Crippen LogP contribution in [0.4, 0.5) is 0 Å². The first-order valence-corrected chi connectivity index (χ1v) is 9.55. The van der Waals surface area contributed by atoms with Crippen LogP contribution in [0.3, 0.4) is 0 Å². The molecule has 4 aromatic rings. The number of nitrogens with zero attached hydrogens (tertiary/aromatic N) is 4. The maximum absolute atomic E-state index is 13.2. The zero-order valence-electron chi connectivity index (χ0n) is 15.8. The van der Waals surface area contributed by atoms with Crippen molar-refractivity contribution >= 4 is 22.8 Å². The quantitative estimate of drug-likeness (QED) is 0.473. The predicted molar refractivity (Wildman–Crippen MR) is 115 cm³/mol. The summed E-state index contributed by atoms with van der Waals surface area (Å²) in [6.07, 6.45) is 3.13. The number of rotatable bonds is 5. The standard InChI is InChI=1S/C22H19ClN4O2/c1-3-13-25-21(28)19-20(27(22(25)29)18-11-9-17(23)10-12-18)24-14-26(19)15(2)16-7-5-4-6-8-16/h3-12,14-15H,1,13H2,2H3. The number of aromatic nitrogens is 4. The van der Waals surface area contributed by atoms with Crippen molar-refractivity contribution in [3.63, 3.8) is 0 Å². The Bertz CT molecular complexity index is 1300. The van der Waals surface area contributed by atoms with Gasteiger partial charge in [0.05, 0.1) is 18.1 Å². The molecule has 2 aromatic carbocycles. The first-order chi connectivity index (χ1) is 14.0. The lowest BCUT2D eigenvalue weighted by Gasteiger charge is -2.16. The Morgan fingerprint density at radius 3 is 2.45 bits per heavy atom. The molecule has 0 bridgehead atoms. The topological polar surface area (TPSA) is 61.8 Å². The number of allylic oxidation sites excluding steroid dienone is 1. The van der Waals surface area contributed by atoms with Gasteiger partial charge in [-0.3, -0.25) is 9.36 Å². The van der Waals surface area contributed by atoms with Gasteiger partial charge in [-0.05, 0) is 36.8 Å². The van der Waals surface area contributed by atoms with Gasteiger partial charge in [0.2, 0.25) is 0 Å². The summed E-state index contributed by atoms with van der Waals surface area (Å²) in [5.74, 6) is 0. The average molecular weight is 407 g/mol. The van der Waals surface area contributed by atoms with Gasteiger partial charge in [0.25, 0.3) is 5.56 Å². The van der Waals surface area contributed by atoms with Gasteiger partial charge in [0.15, 0.2) is 11.2 Å². The predicted octanol–water partition coefficient (Wildman–Crippen LogP) is 3.80. The van der Waals surface area contributed by atoms with E-state index >= 15 is 0 Å². The summed E-state index contributed by atoms with van der Waals surface area (Å²) in [7, 11) is 0. The van der Waals surface area contributed by atoms with Crippen LogP contribution in [0.1, 0.15) is 18.5 Å². The minimum Gasteiger partial charge on any atom is -0.317 e. The first-order valence-electron chi connectivity index (χ1n) is 9.17. The van der Waals surface area contributed by atoms with Crippen molar-refractivity contribution in [1.29, 1.82) is 0 Å². The molecular formula is C22H19ClN4O2. The number of halogens is 1. The highest BCUT2D eigenvalue weighted by molar-refractivity contribution is 6.30. The molecule has 0 aliphatic carbocycles. The van der Waals surface area contributed by atoms with E-state index in [2.05, 4.69) is 11.6 Å². The molecule has 4 rings (SSSR count). The molecule has 0 aliphatic heterocycles. The molecular weight excluding hydrogens is 388 g/mol. The molecule has 0 saturated heterocycles. The molecule has 7 heteroatoms. The van der Waals surface area contributed by atoms with Gasteiger partial charge in [0, 0.05) is 11.6 Å². The van der Waals surface area contributed by atoms with E-state index in [0.717, 1.165) is 5.56 Å². The van der Waals surface area contributed by atoms with Crippen LogP contribution < -0.4 is 11.2 Å². The normalized spacial score (nSPS) is 12.2. The minimum absolute atomic E-state index is 0.103. The largest absolute Gasteiger partial charge is 0.337 e. The Morgan fingerprint density at radius 2 is 1.79 bits per heavy atom. The molecule has 0 radical (unpaired) electrons. The first kappa shape index (κ1) is 19.0. The van der Waals surface area contributed by atoms with Crippen LogP contribution >= 0.6 is 11.6 Å². The fourth-order valence-corrected chi connectivity index (χ4v) is 3.57. The van der Waals surface area contributed by atoms with Crippen molar-refractivity contribution in [1.82, 2.24) is 18.7 Å². The lowest BCUT2D eigenvalue weighted by Crippen LogP contribution is -2.40. The maximum Gasteiger partial charge on any atom is 0.337 e. The fraction of sp³-hybridized carbons (Fsp3) is 0.136. The summed E-state index contributed by atoms with van der Waals surface area (Å²) in [5, 5.41) is 0.556. The molecule has 1 atom stereocenters. The van der Waals surface area contributed by atoms with Crippen LogP contribution in [0.25, 0.3) is 16.9 Å². The van der Waals surface area contributed by atoms with E-state index in [9.17, 15) is 9.59 Å². The van der Waals surface area contributed by atoms with Crippen molar-refractivity contribution in [3.05, 3.63) is 105 Å². The van der Waals surface area contributed by atoms with Gasteiger partial charge in [0.1, 0.15) is 0 Å². The number of hydrogen-bond acceptors (Lipinski definition) is 3. The van der Waals surface area contributed by atoms with Crippen molar-refractivity contribution in [2.75, 3.05) is 0 Å². The SMILES string of the molecule is C=CCn1c(=O)c2c(ncn2C(C)c2ccccc2)n(-c2ccc(Cl)cc2)c1=O. The van der Waals surface area contributed by atoms with Gasteiger partial charge in [-0.2, -0.15) is 0 Å². The molecule has 1 unspecified atom stereocenters. The van der Waals surface area contributed by atoms with Crippen LogP contribution in [0.5, 0.6) is 0 Å². The second kappa shape index (κ2) is 7.56. The zero-order valence-corrected chi connectivity index (χ0v) is 16.6. The molecule has 0 fully saturated rings. The molecule has 0 saturated carbocycles. The van der Waals surface area contributed by atoms with Crippen LogP contribution in [-0.4, -0.2) is 18.7 Å². The van der Waals surface area contributed by atoms with E-state index in [1.165, 1.54) is 15.2 Å². The summed E-state index contributed by atoms with van der Waals surface area (Å²) in [6.45, 7) is 5.77. The third-order valence-electron chi connectivity index (χ3n) is 4.95. The lowest BCUT2D eigenvalue weighted by atomic mass is 10.1. The van der Waals surface area contributed by atoms with Crippen molar-refractivity contribution in [3.8, 4) is 5.69 Å². The average Bonchev–Trinajstić information content (AvgIpc) is 3.17. The monoisotopic (exact) mass is 406 g/mol. The van der Waals surface area contributed by atoms with Crippen molar-refractivity contribution < 1.29 is 0 Å². The van der Waals surface area contributed by atoms with Crippen molar-refractivity contribution in [2.45, 2.75) is 19.5 Å². The maximum atomic E-state index is 13.2. The highest BCUT2D eigenvalue weighted by Crippen LogP contribution is 2.22. The number of benzene rings is 2. The number of fused-ring (bicyclic) bond motifs is 1. The van der Waals surface area contributed by atoms with Crippen LogP contribution in [0.15, 0.2) is 83.2 Å². The van der Waals surface area contributed by atoms with Gasteiger partial charge in [-0.15, -0.1) is 6.58 Å². The van der Waals surface area contributed by atoms with Crippen LogP contribution in [0, 0.1) is 0 Å². The molecule has 0 aliphatic rings. The molecule has 2 heterocycles. The molecule has 146 valence electrons. The van der Waals surface area contributed by atoms with E-state index < -0.39 is 11.2 Å². The summed E-state index contributed by atoms with van der Waals surface area (Å²) >= 11 is 6.00. The molecule has 2 aromatic heterocycles. The summed E-state index contributed by atoms with van der Waals surface area (Å²) in [4.78, 5) is 30.8. The second-order valence-corrected chi connectivity index (χ2v) is 7.15. The van der Waals surface area contributed by atoms with E-state index in [0.29, 0.717) is 21.9 Å². The highest BCUT2D eigenvalue weighted by atomic mass is 35.5. The summed E-state index contributed by atoms with van der Waals surface area (Å²) in [5.41, 5.74) is 1.42. The second-order valence-electron chi connectivity index (χ2n) is 6.71. The highest BCUT2D eigenvalue weighted by Gasteiger charge is 2.21.